The molecule has 6 rings (SSSR count). The molecule has 42 heavy (non-hydrogen) atoms. The topological polar surface area (TPSA) is 96.4 Å². The van der Waals surface area contributed by atoms with Gasteiger partial charge in [0.1, 0.15) is 29.1 Å². The molecule has 1 aliphatic rings. The third-order valence-corrected chi connectivity index (χ3v) is 7.39. The van der Waals surface area contributed by atoms with E-state index < -0.39 is 11.9 Å². The molecule has 1 aromatic carbocycles. The number of hydrogen-bond donors (Lipinski definition) is 0. The van der Waals surface area contributed by atoms with Crippen molar-refractivity contribution in [3.8, 4) is 28.7 Å². The zero-order valence-electron chi connectivity index (χ0n) is 24.0. The first-order chi connectivity index (χ1) is 20.0. The average molecular weight is 577 g/mol. The fourth-order valence-electron chi connectivity index (χ4n) is 5.15. The summed E-state index contributed by atoms with van der Waals surface area (Å²) >= 11 is 0. The van der Waals surface area contributed by atoms with Crippen LogP contribution in [0.15, 0.2) is 43.0 Å². The van der Waals surface area contributed by atoms with E-state index in [1.54, 1.807) is 30.0 Å². The van der Waals surface area contributed by atoms with Gasteiger partial charge in [0.2, 0.25) is 5.88 Å². The van der Waals surface area contributed by atoms with E-state index in [1.807, 2.05) is 26.0 Å². The first-order valence-electron chi connectivity index (χ1n) is 13.9. The molecule has 0 radical (unpaired) electrons. The Hall–Kier alpha value is -4.35. The zero-order valence-corrected chi connectivity index (χ0v) is 24.0. The second kappa shape index (κ2) is 10.5. The average Bonchev–Trinajstić information content (AvgIpc) is 3.59. The fourth-order valence-corrected chi connectivity index (χ4v) is 5.15. The van der Waals surface area contributed by atoms with Gasteiger partial charge in [-0.1, -0.05) is 38.1 Å². The van der Waals surface area contributed by atoms with Crippen molar-refractivity contribution >= 4 is 11.2 Å². The lowest BCUT2D eigenvalue weighted by Gasteiger charge is -2.14. The van der Waals surface area contributed by atoms with Crippen LogP contribution in [0.4, 0.5) is 13.2 Å². The molecule has 0 spiro atoms. The Balaban J connectivity index is 1.39. The minimum absolute atomic E-state index is 0.109. The molecule has 0 amide bonds. The van der Waals surface area contributed by atoms with Gasteiger partial charge in [0, 0.05) is 29.6 Å². The minimum Gasteiger partial charge on any atom is -0.480 e. The molecule has 1 saturated carbocycles. The summed E-state index contributed by atoms with van der Waals surface area (Å²) in [6, 6.07) is 7.23. The molecule has 0 N–H and O–H groups in total. The number of ether oxygens (including phenoxy) is 1. The third-order valence-electron chi connectivity index (χ3n) is 7.39. The van der Waals surface area contributed by atoms with Gasteiger partial charge in [0.05, 0.1) is 25.5 Å². The van der Waals surface area contributed by atoms with Crippen molar-refractivity contribution in [3.63, 3.8) is 0 Å². The van der Waals surface area contributed by atoms with Gasteiger partial charge in [-0.3, -0.25) is 0 Å². The Morgan fingerprint density at radius 1 is 0.976 bits per heavy atom. The van der Waals surface area contributed by atoms with Crippen LogP contribution < -0.4 is 4.74 Å². The van der Waals surface area contributed by atoms with E-state index in [2.05, 4.69) is 38.4 Å². The molecule has 1 fully saturated rings. The molecule has 1 aliphatic carbocycles. The smallest absolute Gasteiger partial charge is 0.434 e. The van der Waals surface area contributed by atoms with E-state index >= 15 is 0 Å². The number of imidazole rings is 2. The summed E-state index contributed by atoms with van der Waals surface area (Å²) in [7, 11) is 1.57. The van der Waals surface area contributed by atoms with Gasteiger partial charge in [0.15, 0.2) is 17.2 Å². The lowest BCUT2D eigenvalue weighted by Crippen LogP contribution is -2.08. The van der Waals surface area contributed by atoms with Crippen LogP contribution in [0, 0.1) is 0 Å². The predicted octanol–water partition coefficient (Wildman–Crippen LogP) is 6.80. The summed E-state index contributed by atoms with van der Waals surface area (Å²) in [4.78, 5) is 27.2. The second-order valence-corrected chi connectivity index (χ2v) is 11.2. The van der Waals surface area contributed by atoms with E-state index in [4.69, 9.17) is 14.7 Å². The molecule has 5 aromatic rings. The molecule has 0 atom stereocenters. The Labute approximate surface area is 240 Å². The van der Waals surface area contributed by atoms with Crippen LogP contribution in [0.2, 0.25) is 0 Å². The summed E-state index contributed by atoms with van der Waals surface area (Å²) in [5.74, 6) is 2.49. The van der Waals surface area contributed by atoms with Crippen LogP contribution in [0.1, 0.15) is 81.2 Å². The summed E-state index contributed by atoms with van der Waals surface area (Å²) < 4.78 is 49.4. The lowest BCUT2D eigenvalue weighted by atomic mass is 10.1. The van der Waals surface area contributed by atoms with Crippen molar-refractivity contribution in [2.24, 2.45) is 0 Å². The highest BCUT2D eigenvalue weighted by molar-refractivity contribution is 5.76. The molecule has 4 heterocycles. The van der Waals surface area contributed by atoms with Crippen molar-refractivity contribution in [3.05, 3.63) is 65.8 Å². The van der Waals surface area contributed by atoms with Crippen LogP contribution in [0.3, 0.4) is 0 Å². The predicted molar refractivity (Wildman–Crippen MR) is 151 cm³/mol. The number of hydrogen-bond acceptors (Lipinski definition) is 7. The number of methoxy groups -OCH3 is 1. The molecule has 12 heteroatoms. The van der Waals surface area contributed by atoms with Crippen molar-refractivity contribution < 1.29 is 17.9 Å². The van der Waals surface area contributed by atoms with Gasteiger partial charge < -0.3 is 13.9 Å². The van der Waals surface area contributed by atoms with Gasteiger partial charge in [0.25, 0.3) is 0 Å². The molecule has 4 aromatic heterocycles. The lowest BCUT2D eigenvalue weighted by molar-refractivity contribution is -0.140. The molecule has 0 unspecified atom stereocenters. The molecule has 0 aliphatic heterocycles. The molecule has 0 saturated heterocycles. The highest BCUT2D eigenvalue weighted by atomic mass is 19.4. The number of alkyl halides is 3. The number of benzene rings is 1. The highest BCUT2D eigenvalue weighted by Crippen LogP contribution is 2.45. The monoisotopic (exact) mass is 576 g/mol. The third kappa shape index (κ3) is 5.10. The summed E-state index contributed by atoms with van der Waals surface area (Å²) in [6.07, 6.45) is 1.89. The summed E-state index contributed by atoms with van der Waals surface area (Å²) in [5.41, 5.74) is 3.58. The number of fused-ring (bicyclic) bond motifs is 1. The SMILES string of the molecule is COc1ncnc(C2CC2)c1-c1ncc2nc(C(C)C)n(Cc3ccc(-c4nc(C(F)(F)F)cn4C(C)C)cc3)c2n1. The number of aromatic nitrogens is 8. The molecular formula is C30H31F3N8O. The van der Waals surface area contributed by atoms with E-state index in [-0.39, 0.29) is 17.8 Å². The van der Waals surface area contributed by atoms with Gasteiger partial charge in [-0.25, -0.2) is 29.9 Å². The van der Waals surface area contributed by atoms with Crippen molar-refractivity contribution in [2.75, 3.05) is 7.11 Å². The summed E-state index contributed by atoms with van der Waals surface area (Å²) in [6.45, 7) is 8.26. The number of halogens is 3. The van der Waals surface area contributed by atoms with Crippen LogP contribution in [-0.4, -0.2) is 46.1 Å². The van der Waals surface area contributed by atoms with Gasteiger partial charge in [-0.2, -0.15) is 13.2 Å². The maximum absolute atomic E-state index is 13.4. The fraction of sp³-hybridized carbons (Fsp3) is 0.400. The van der Waals surface area contributed by atoms with E-state index in [0.717, 1.165) is 36.1 Å². The van der Waals surface area contributed by atoms with E-state index in [0.29, 0.717) is 46.5 Å². The first-order valence-corrected chi connectivity index (χ1v) is 13.9. The first kappa shape index (κ1) is 27.8. The largest absolute Gasteiger partial charge is 0.480 e. The molecule has 0 bridgehead atoms. The minimum atomic E-state index is -4.51. The van der Waals surface area contributed by atoms with Gasteiger partial charge in [-0.15, -0.1) is 0 Å². The zero-order chi connectivity index (χ0) is 29.8. The maximum Gasteiger partial charge on any atom is 0.434 e. The van der Waals surface area contributed by atoms with Gasteiger partial charge in [-0.05, 0) is 32.3 Å². The number of nitrogens with zero attached hydrogens (tertiary/aromatic N) is 8. The maximum atomic E-state index is 13.4. The normalized spacial score (nSPS) is 14.0. The highest BCUT2D eigenvalue weighted by Gasteiger charge is 2.35. The Morgan fingerprint density at radius 2 is 1.71 bits per heavy atom. The Bertz CT molecular complexity index is 1750. The summed E-state index contributed by atoms with van der Waals surface area (Å²) in [5, 5.41) is 0. The van der Waals surface area contributed by atoms with Crippen LogP contribution in [-0.2, 0) is 12.7 Å². The van der Waals surface area contributed by atoms with Crippen molar-refractivity contribution in [2.45, 2.75) is 71.1 Å². The number of rotatable bonds is 8. The molecule has 218 valence electrons. The van der Waals surface area contributed by atoms with Gasteiger partial charge >= 0.3 is 6.18 Å². The Morgan fingerprint density at radius 3 is 2.33 bits per heavy atom. The van der Waals surface area contributed by atoms with Crippen molar-refractivity contribution in [1.29, 1.82) is 0 Å². The van der Waals surface area contributed by atoms with E-state index in [9.17, 15) is 13.2 Å². The van der Waals surface area contributed by atoms with Crippen LogP contribution in [0.25, 0.3) is 33.9 Å². The molecule has 9 nitrogen and oxygen atoms in total. The second-order valence-electron chi connectivity index (χ2n) is 11.2. The Kier molecular flexibility index (Phi) is 6.94. The van der Waals surface area contributed by atoms with Crippen LogP contribution >= 0.6 is 0 Å². The van der Waals surface area contributed by atoms with Crippen LogP contribution in [0.5, 0.6) is 5.88 Å². The van der Waals surface area contributed by atoms with Crippen molar-refractivity contribution in [1.82, 2.24) is 39.0 Å². The molecular weight excluding hydrogens is 545 g/mol. The quantitative estimate of drug-likeness (QED) is 0.200. The standard InChI is InChI=1S/C30H31F3N8O/c1-16(2)26-37-21-12-34-25(23-24(19-10-11-19)35-15-36-29(23)42-5)39-28(21)41(26)13-18-6-8-20(9-7-18)27-38-22(30(31,32)33)14-40(27)17(3)4/h6-9,12,14-17,19H,10-11,13H2,1-5H3. The van der Waals surface area contributed by atoms with E-state index in [1.165, 1.54) is 6.33 Å².